The standard InChI is InChI=1S/C23H16N6S/c1-29-23-17(10-14(12-26-23)20-13-24-7-8-25-20)22(28-29)19-11-16-15(21-6-3-9-30-21)4-2-5-18(16)27-19/h2-13,27H,1H3. The van der Waals surface area contributed by atoms with Gasteiger partial charge >= 0.3 is 0 Å². The van der Waals surface area contributed by atoms with Crippen molar-refractivity contribution in [2.24, 2.45) is 7.05 Å². The van der Waals surface area contributed by atoms with Crippen LogP contribution >= 0.6 is 11.3 Å². The molecule has 0 saturated heterocycles. The fourth-order valence-corrected chi connectivity index (χ4v) is 4.62. The van der Waals surface area contributed by atoms with E-state index in [-0.39, 0.29) is 0 Å². The smallest absolute Gasteiger partial charge is 0.158 e. The molecule has 1 aromatic carbocycles. The van der Waals surface area contributed by atoms with Crippen LogP contribution in [0.4, 0.5) is 0 Å². The second kappa shape index (κ2) is 6.60. The SMILES string of the molecule is Cn1nc(-c2cc3c(-c4cccs4)cccc3[nH]2)c2cc(-c3cnccn3)cnc21. The third-order valence-corrected chi connectivity index (χ3v) is 6.15. The topological polar surface area (TPSA) is 72.3 Å². The predicted molar refractivity (Wildman–Crippen MR) is 120 cm³/mol. The third kappa shape index (κ3) is 2.63. The van der Waals surface area contributed by atoms with Crippen LogP contribution in [-0.2, 0) is 7.05 Å². The fourth-order valence-electron chi connectivity index (χ4n) is 3.86. The molecule has 0 radical (unpaired) electrons. The van der Waals surface area contributed by atoms with Crippen LogP contribution in [0.3, 0.4) is 0 Å². The summed E-state index contributed by atoms with van der Waals surface area (Å²) in [6, 6.07) is 14.8. The minimum absolute atomic E-state index is 0.790. The number of rotatable bonds is 3. The van der Waals surface area contributed by atoms with E-state index in [1.54, 1.807) is 29.9 Å². The Morgan fingerprint density at radius 3 is 2.77 bits per heavy atom. The van der Waals surface area contributed by atoms with Gasteiger partial charge in [-0.2, -0.15) is 5.10 Å². The molecule has 0 atom stereocenters. The molecule has 0 fully saturated rings. The zero-order valence-corrected chi connectivity index (χ0v) is 16.9. The summed E-state index contributed by atoms with van der Waals surface area (Å²) in [5, 5.41) is 9.04. The molecule has 6 rings (SSSR count). The highest BCUT2D eigenvalue weighted by Gasteiger charge is 2.17. The van der Waals surface area contributed by atoms with Gasteiger partial charge in [0.25, 0.3) is 0 Å². The van der Waals surface area contributed by atoms with Gasteiger partial charge < -0.3 is 4.98 Å². The lowest BCUT2D eigenvalue weighted by Gasteiger charge is -2.00. The van der Waals surface area contributed by atoms with Gasteiger partial charge in [-0.3, -0.25) is 9.97 Å². The molecule has 0 aliphatic heterocycles. The number of benzene rings is 1. The van der Waals surface area contributed by atoms with Gasteiger partial charge in [0.15, 0.2) is 5.65 Å². The molecule has 6 nitrogen and oxygen atoms in total. The van der Waals surface area contributed by atoms with Gasteiger partial charge in [-0.05, 0) is 29.6 Å². The summed E-state index contributed by atoms with van der Waals surface area (Å²) < 4.78 is 1.82. The molecule has 0 spiro atoms. The molecule has 0 saturated carbocycles. The molecule has 1 N–H and O–H groups in total. The van der Waals surface area contributed by atoms with Crippen molar-refractivity contribution < 1.29 is 0 Å². The van der Waals surface area contributed by atoms with Crippen molar-refractivity contribution in [3.05, 3.63) is 72.6 Å². The molecule has 0 bridgehead atoms. The Bertz CT molecular complexity index is 1500. The first-order valence-corrected chi connectivity index (χ1v) is 10.4. The van der Waals surface area contributed by atoms with Crippen LogP contribution < -0.4 is 0 Å². The van der Waals surface area contributed by atoms with Crippen molar-refractivity contribution in [2.75, 3.05) is 0 Å². The normalized spacial score (nSPS) is 11.5. The molecule has 0 unspecified atom stereocenters. The Kier molecular flexibility index (Phi) is 3.75. The number of nitrogens with zero attached hydrogens (tertiary/aromatic N) is 5. The first-order chi connectivity index (χ1) is 14.8. The molecule has 5 heterocycles. The molecule has 5 aromatic heterocycles. The van der Waals surface area contributed by atoms with Crippen molar-refractivity contribution >= 4 is 33.3 Å². The number of aromatic nitrogens is 6. The van der Waals surface area contributed by atoms with Crippen molar-refractivity contribution in [1.29, 1.82) is 0 Å². The lowest BCUT2D eigenvalue weighted by atomic mass is 10.1. The van der Waals surface area contributed by atoms with Gasteiger partial charge in [-0.25, -0.2) is 9.67 Å². The van der Waals surface area contributed by atoms with E-state index in [2.05, 4.69) is 67.8 Å². The maximum Gasteiger partial charge on any atom is 0.158 e. The molecule has 7 heteroatoms. The number of pyridine rings is 1. The molecule has 0 aliphatic rings. The van der Waals surface area contributed by atoms with Crippen LogP contribution in [0.25, 0.3) is 55.0 Å². The highest BCUT2D eigenvalue weighted by Crippen LogP contribution is 2.36. The zero-order valence-electron chi connectivity index (χ0n) is 16.1. The van der Waals surface area contributed by atoms with Crippen LogP contribution in [-0.4, -0.2) is 29.7 Å². The first-order valence-electron chi connectivity index (χ1n) is 9.53. The van der Waals surface area contributed by atoms with E-state index in [0.29, 0.717) is 0 Å². The average Bonchev–Trinajstić information content (AvgIpc) is 3.53. The van der Waals surface area contributed by atoms with Crippen LogP contribution in [0, 0.1) is 0 Å². The minimum Gasteiger partial charge on any atom is -0.353 e. The summed E-state index contributed by atoms with van der Waals surface area (Å²) in [7, 11) is 1.92. The van der Waals surface area contributed by atoms with Crippen LogP contribution in [0.15, 0.2) is 72.6 Å². The van der Waals surface area contributed by atoms with Crippen molar-refractivity contribution in [2.45, 2.75) is 0 Å². The van der Waals surface area contributed by atoms with E-state index in [9.17, 15) is 0 Å². The number of thiophene rings is 1. The van der Waals surface area contributed by atoms with E-state index in [0.717, 1.165) is 39.2 Å². The number of hydrogen-bond donors (Lipinski definition) is 1. The Morgan fingerprint density at radius 2 is 1.93 bits per heavy atom. The molecule has 0 amide bonds. The van der Waals surface area contributed by atoms with Crippen LogP contribution in [0.1, 0.15) is 0 Å². The first kappa shape index (κ1) is 17.1. The number of aryl methyl sites for hydroxylation is 1. The second-order valence-electron chi connectivity index (χ2n) is 7.09. The largest absolute Gasteiger partial charge is 0.353 e. The summed E-state index contributed by atoms with van der Waals surface area (Å²) in [6.07, 6.45) is 6.92. The highest BCUT2D eigenvalue weighted by molar-refractivity contribution is 7.13. The lowest BCUT2D eigenvalue weighted by molar-refractivity contribution is 0.789. The van der Waals surface area contributed by atoms with Crippen LogP contribution in [0.5, 0.6) is 0 Å². The van der Waals surface area contributed by atoms with Gasteiger partial charge in [0.1, 0.15) is 5.69 Å². The maximum absolute atomic E-state index is 4.77. The number of H-pyrrole nitrogens is 1. The van der Waals surface area contributed by atoms with Gasteiger partial charge in [0.05, 0.1) is 17.6 Å². The van der Waals surface area contributed by atoms with E-state index in [1.807, 2.05) is 17.9 Å². The Hall–Kier alpha value is -3.84. The molecule has 30 heavy (non-hydrogen) atoms. The number of fused-ring (bicyclic) bond motifs is 2. The van der Waals surface area contributed by atoms with Crippen molar-refractivity contribution in [3.63, 3.8) is 0 Å². The van der Waals surface area contributed by atoms with Gasteiger partial charge in [-0.15, -0.1) is 11.3 Å². The van der Waals surface area contributed by atoms with E-state index in [1.165, 1.54) is 15.8 Å². The summed E-state index contributed by atoms with van der Waals surface area (Å²) in [6.45, 7) is 0. The minimum atomic E-state index is 0.790. The quantitative estimate of drug-likeness (QED) is 0.431. The Balaban J connectivity index is 1.56. The number of hydrogen-bond acceptors (Lipinski definition) is 5. The average molecular weight is 408 g/mol. The monoisotopic (exact) mass is 408 g/mol. The van der Waals surface area contributed by atoms with Gasteiger partial charge in [0.2, 0.25) is 0 Å². The Labute approximate surface area is 175 Å². The van der Waals surface area contributed by atoms with Crippen molar-refractivity contribution in [1.82, 2.24) is 29.7 Å². The van der Waals surface area contributed by atoms with Gasteiger partial charge in [-0.1, -0.05) is 18.2 Å². The third-order valence-electron chi connectivity index (χ3n) is 5.24. The Morgan fingerprint density at radius 1 is 0.967 bits per heavy atom. The molecule has 6 aromatic rings. The number of aromatic amines is 1. The fraction of sp³-hybridized carbons (Fsp3) is 0.0435. The lowest BCUT2D eigenvalue weighted by Crippen LogP contribution is -1.92. The second-order valence-corrected chi connectivity index (χ2v) is 8.03. The molecule has 144 valence electrons. The number of nitrogens with one attached hydrogen (secondary N) is 1. The molecular formula is C23H16N6S. The zero-order chi connectivity index (χ0) is 20.1. The predicted octanol–water partition coefficient (Wildman–Crippen LogP) is 5.30. The summed E-state index contributed by atoms with van der Waals surface area (Å²) in [4.78, 5) is 18.0. The summed E-state index contributed by atoms with van der Waals surface area (Å²) in [5.41, 5.74) is 6.70. The highest BCUT2D eigenvalue weighted by atomic mass is 32.1. The maximum atomic E-state index is 4.77. The summed E-state index contributed by atoms with van der Waals surface area (Å²) >= 11 is 1.75. The van der Waals surface area contributed by atoms with E-state index in [4.69, 9.17) is 5.10 Å². The van der Waals surface area contributed by atoms with Gasteiger partial charge in [0, 0.05) is 57.9 Å². The molecular weight excluding hydrogens is 392 g/mol. The summed E-state index contributed by atoms with van der Waals surface area (Å²) in [5.74, 6) is 0. The van der Waals surface area contributed by atoms with Crippen LogP contribution in [0.2, 0.25) is 0 Å². The molecule has 0 aliphatic carbocycles. The van der Waals surface area contributed by atoms with E-state index < -0.39 is 0 Å². The van der Waals surface area contributed by atoms with Crippen molar-refractivity contribution in [3.8, 4) is 33.1 Å². The van der Waals surface area contributed by atoms with E-state index >= 15 is 0 Å².